The fourth-order valence-electron chi connectivity index (χ4n) is 10.5. The fourth-order valence-corrected chi connectivity index (χ4v) is 10.5. The zero-order valence-electron chi connectivity index (χ0n) is 29.3. The van der Waals surface area contributed by atoms with Gasteiger partial charge in [0.1, 0.15) is 22.8 Å². The zero-order chi connectivity index (χ0) is 35.1. The second-order valence-corrected chi connectivity index (χ2v) is 16.0. The van der Waals surface area contributed by atoms with E-state index in [2.05, 4.69) is 24.3 Å². The molecule has 6 atom stereocenters. The van der Waals surface area contributed by atoms with Crippen LogP contribution in [0.25, 0.3) is 5.76 Å². The van der Waals surface area contributed by atoms with E-state index < -0.39 is 68.6 Å². The number of aliphatic hydroxyl groups excluding tert-OH is 2. The predicted molar refractivity (Wildman–Crippen MR) is 184 cm³/mol. The number of fused-ring (bicyclic) bond motifs is 3. The van der Waals surface area contributed by atoms with Crippen molar-refractivity contribution in [3.05, 3.63) is 81.6 Å². The Morgan fingerprint density at radius 3 is 2.04 bits per heavy atom. The average Bonchev–Trinajstić information content (AvgIpc) is 3.03. The van der Waals surface area contributed by atoms with Crippen LogP contribution in [0.4, 0.5) is 0 Å². The Kier molecular flexibility index (Phi) is 8.34. The summed E-state index contributed by atoms with van der Waals surface area (Å²) in [4.78, 5) is 41.4. The van der Waals surface area contributed by atoms with E-state index in [1.807, 2.05) is 52.8 Å². The Balaban J connectivity index is 1.40. The molecule has 0 saturated heterocycles. The van der Waals surface area contributed by atoms with Crippen molar-refractivity contribution >= 4 is 23.1 Å². The highest BCUT2D eigenvalue weighted by molar-refractivity contribution is 6.24. The lowest BCUT2D eigenvalue weighted by Crippen LogP contribution is -2.72. The van der Waals surface area contributed by atoms with Crippen molar-refractivity contribution in [3.8, 4) is 5.75 Å². The quantitative estimate of drug-likeness (QED) is 0.236. The predicted octanol–water partition coefficient (Wildman–Crippen LogP) is 7.59. The van der Waals surface area contributed by atoms with Gasteiger partial charge in [-0.2, -0.15) is 0 Å². The normalized spacial score (nSPS) is 35.0. The summed E-state index contributed by atoms with van der Waals surface area (Å²) in [5.41, 5.74) is -2.95. The fraction of sp³-hybridized carbons (Fsp3) is 0.537. The van der Waals surface area contributed by atoms with E-state index in [4.69, 9.17) is 0 Å². The summed E-state index contributed by atoms with van der Waals surface area (Å²) in [5.74, 6) is -5.04. The molecule has 0 aromatic heterocycles. The van der Waals surface area contributed by atoms with Gasteiger partial charge in [0.2, 0.25) is 5.78 Å². The van der Waals surface area contributed by atoms with E-state index in [1.165, 1.54) is 5.56 Å². The molecule has 0 amide bonds. The number of aromatic hydroxyl groups is 1. The number of hydrogen-bond donors (Lipinski definition) is 4. The van der Waals surface area contributed by atoms with Crippen LogP contribution in [0.2, 0.25) is 0 Å². The van der Waals surface area contributed by atoms with Crippen molar-refractivity contribution in [2.75, 3.05) is 0 Å². The van der Waals surface area contributed by atoms with Crippen LogP contribution >= 0.6 is 0 Å². The number of carbonyl (C=O) groups is 3. The van der Waals surface area contributed by atoms with Gasteiger partial charge in [0.25, 0.3) is 0 Å². The molecule has 2 saturated carbocycles. The number of aliphatic hydroxyl groups is 3. The Morgan fingerprint density at radius 2 is 1.48 bits per heavy atom. The van der Waals surface area contributed by atoms with Gasteiger partial charge >= 0.3 is 0 Å². The molecule has 0 heterocycles. The number of hydrogen-bond acceptors (Lipinski definition) is 7. The molecule has 1 unspecified atom stereocenters. The maximum atomic E-state index is 14.8. The number of phenols is 1. The lowest BCUT2D eigenvalue weighted by atomic mass is 9.38. The van der Waals surface area contributed by atoms with Gasteiger partial charge in [0.05, 0.1) is 5.56 Å². The molecule has 256 valence electrons. The van der Waals surface area contributed by atoms with Crippen molar-refractivity contribution in [1.82, 2.24) is 0 Å². The zero-order valence-corrected chi connectivity index (χ0v) is 29.3. The summed E-state index contributed by atoms with van der Waals surface area (Å²) in [5, 5.41) is 47.9. The number of rotatable bonds is 6. The summed E-state index contributed by atoms with van der Waals surface area (Å²) in [6, 6.07) is 14.4. The number of Topliss-reactive ketones (excluding diaryl/α,β-unsaturated/α-hetero) is 3. The van der Waals surface area contributed by atoms with Crippen LogP contribution in [0.3, 0.4) is 0 Å². The Hall–Kier alpha value is -3.71. The first-order chi connectivity index (χ1) is 22.5. The molecule has 7 heteroatoms. The van der Waals surface area contributed by atoms with Crippen LogP contribution < -0.4 is 0 Å². The summed E-state index contributed by atoms with van der Waals surface area (Å²) in [7, 11) is 0. The van der Waals surface area contributed by atoms with Crippen LogP contribution in [-0.2, 0) is 27.2 Å². The van der Waals surface area contributed by atoms with Gasteiger partial charge < -0.3 is 20.4 Å². The highest BCUT2D eigenvalue weighted by Crippen LogP contribution is 2.70. The van der Waals surface area contributed by atoms with Crippen LogP contribution in [0.5, 0.6) is 5.75 Å². The molecule has 4 aliphatic carbocycles. The van der Waals surface area contributed by atoms with Gasteiger partial charge in [-0.05, 0) is 91.7 Å². The third-order valence-corrected chi connectivity index (χ3v) is 13.4. The largest absolute Gasteiger partial charge is 0.508 e. The van der Waals surface area contributed by atoms with Gasteiger partial charge in [-0.25, -0.2) is 0 Å². The Labute approximate surface area is 283 Å². The number of allylic oxidation sites excluding steroid dienone is 1. The molecule has 2 aromatic carbocycles. The molecule has 2 fully saturated rings. The third kappa shape index (κ3) is 4.52. The number of carbonyl (C=O) groups excluding carboxylic acids is 3. The first-order valence-electron chi connectivity index (χ1n) is 17.6. The number of phenolic OH excluding ortho intramolecular Hbond substituents is 1. The molecule has 6 rings (SSSR count). The lowest BCUT2D eigenvalue weighted by molar-refractivity contribution is -0.195. The van der Waals surface area contributed by atoms with E-state index in [0.717, 1.165) is 39.0 Å². The third-order valence-electron chi connectivity index (χ3n) is 13.4. The summed E-state index contributed by atoms with van der Waals surface area (Å²) in [6.07, 6.45) is 6.01. The van der Waals surface area contributed by atoms with Crippen molar-refractivity contribution in [1.29, 1.82) is 0 Å². The number of benzene rings is 2. The topological polar surface area (TPSA) is 132 Å². The van der Waals surface area contributed by atoms with Gasteiger partial charge in [0.15, 0.2) is 17.2 Å². The van der Waals surface area contributed by atoms with Gasteiger partial charge in [-0.1, -0.05) is 84.0 Å². The lowest BCUT2D eigenvalue weighted by Gasteiger charge is -2.64. The molecule has 0 aliphatic heterocycles. The van der Waals surface area contributed by atoms with Crippen molar-refractivity contribution in [2.24, 2.45) is 40.4 Å². The van der Waals surface area contributed by atoms with Crippen molar-refractivity contribution < 1.29 is 34.8 Å². The van der Waals surface area contributed by atoms with E-state index in [1.54, 1.807) is 6.92 Å². The molecule has 7 nitrogen and oxygen atoms in total. The average molecular weight is 655 g/mol. The molecular weight excluding hydrogens is 604 g/mol. The molecule has 0 radical (unpaired) electrons. The van der Waals surface area contributed by atoms with Crippen LogP contribution in [0, 0.1) is 40.4 Å². The first kappa shape index (κ1) is 34.2. The van der Waals surface area contributed by atoms with Crippen molar-refractivity contribution in [3.63, 3.8) is 0 Å². The second-order valence-electron chi connectivity index (χ2n) is 16.0. The molecule has 0 spiro atoms. The van der Waals surface area contributed by atoms with Gasteiger partial charge in [-0.15, -0.1) is 0 Å². The molecule has 48 heavy (non-hydrogen) atoms. The van der Waals surface area contributed by atoms with Crippen LogP contribution in [0.15, 0.2) is 59.4 Å². The minimum absolute atomic E-state index is 0.0679. The highest BCUT2D eigenvalue weighted by Gasteiger charge is 2.75. The minimum Gasteiger partial charge on any atom is -0.508 e. The SMILES string of the molecule is CC(=O)C1=C(O)[C@]2(O)C(=O)C3=C(O)c4c(ccc(CC5CCC(Cc6ccccc6)CC5)c4O)[C@@H](C)[C@]3(C)[C@@H](C)[C@]2(C)C(C(C)C)C1=O. The molecular formula is C41H50O7. The first-order valence-corrected chi connectivity index (χ1v) is 17.6. The molecule has 0 bridgehead atoms. The second kappa shape index (κ2) is 11.7. The maximum Gasteiger partial charge on any atom is 0.203 e. The Morgan fingerprint density at radius 1 is 0.896 bits per heavy atom. The monoisotopic (exact) mass is 654 g/mol. The van der Waals surface area contributed by atoms with Gasteiger partial charge in [0, 0.05) is 22.3 Å². The van der Waals surface area contributed by atoms with Crippen LogP contribution in [-0.4, -0.2) is 43.4 Å². The minimum atomic E-state index is -2.64. The number of ketones is 3. The summed E-state index contributed by atoms with van der Waals surface area (Å²) < 4.78 is 0. The van der Waals surface area contributed by atoms with Gasteiger partial charge in [-0.3, -0.25) is 14.4 Å². The van der Waals surface area contributed by atoms with E-state index in [0.29, 0.717) is 29.4 Å². The summed E-state index contributed by atoms with van der Waals surface area (Å²) >= 11 is 0. The molecule has 2 aromatic rings. The standard InChI is InChI=1S/C41H50O7/c1-21(2)32-35(44)30(23(4)42)37(46)41(48)38(47)33-36(45)31-29(22(3)39(33,6)24(5)40(32,41)7)18-17-28(34(31)43)20-27-15-13-26(14-16-27)19-25-11-9-8-10-12-25/h8-12,17-18,21-22,24,26-27,32,43,45-46,48H,13-16,19-20H2,1-7H3/t22-,24-,26?,27?,32?,39-,40-,41+/m1/s1. The molecule has 4 aliphatic rings. The van der Waals surface area contributed by atoms with Crippen molar-refractivity contribution in [2.45, 2.75) is 98.5 Å². The summed E-state index contributed by atoms with van der Waals surface area (Å²) in [6.45, 7) is 12.1. The van der Waals surface area contributed by atoms with E-state index in [-0.39, 0.29) is 22.8 Å². The van der Waals surface area contributed by atoms with E-state index in [9.17, 15) is 34.8 Å². The molecule has 4 N–H and O–H groups in total. The Bertz CT molecular complexity index is 1740. The van der Waals surface area contributed by atoms with Crippen LogP contribution in [0.1, 0.15) is 102 Å². The highest BCUT2D eigenvalue weighted by atomic mass is 16.3. The smallest absolute Gasteiger partial charge is 0.203 e. The maximum absolute atomic E-state index is 14.8. The van der Waals surface area contributed by atoms with E-state index >= 15 is 0 Å².